The largest absolute Gasteiger partial charge is 0.106 e. The molecule has 0 heteroatoms. The lowest BCUT2D eigenvalue weighted by atomic mass is 9.91. The Morgan fingerprint density at radius 2 is 1.75 bits per heavy atom. The maximum Gasteiger partial charge on any atom is 0 e. The van der Waals surface area contributed by atoms with Crippen LogP contribution in [-0.2, 0) is 0 Å². The van der Waals surface area contributed by atoms with Gasteiger partial charge in [-0.2, -0.15) is 0 Å². The third-order valence-electron chi connectivity index (χ3n) is 3.04. The van der Waals surface area contributed by atoms with E-state index in [1.54, 1.807) is 0 Å². The molecule has 1 aromatic carbocycles. The Balaban J connectivity index is 0.000000811. The molecule has 0 amide bonds. The summed E-state index contributed by atoms with van der Waals surface area (Å²) in [5.74, 6) is 0.782. The average Bonchev–Trinajstić information content (AvgIpc) is 2.60. The number of hydrogen-bond donors (Lipinski definition) is 0. The lowest BCUT2D eigenvalue weighted by Crippen LogP contribution is -1.97. The molecule has 2 rings (SSSR count). The van der Waals surface area contributed by atoms with Gasteiger partial charge in [0.1, 0.15) is 0 Å². The highest BCUT2D eigenvalue weighted by atomic mass is 14.2. The Morgan fingerprint density at radius 1 is 1.12 bits per heavy atom. The van der Waals surface area contributed by atoms with Gasteiger partial charge >= 0.3 is 0 Å². The van der Waals surface area contributed by atoms with Crippen molar-refractivity contribution < 1.29 is 1.43 Å². The molecule has 0 saturated carbocycles. The predicted octanol–water partition coefficient (Wildman–Crippen LogP) is 5.26. The molecule has 88 valence electrons. The minimum absolute atomic E-state index is 0. The number of allylic oxidation sites excluding steroid dienone is 2. The first-order valence-electron chi connectivity index (χ1n) is 6.08. The summed E-state index contributed by atoms with van der Waals surface area (Å²) in [4.78, 5) is 0. The number of benzene rings is 1. The molecule has 1 aliphatic carbocycles. The highest BCUT2D eigenvalue weighted by Gasteiger charge is 2.11. The van der Waals surface area contributed by atoms with Crippen molar-refractivity contribution in [3.8, 4) is 0 Å². The molecule has 0 aliphatic heterocycles. The second-order valence-corrected chi connectivity index (χ2v) is 4.24. The molecule has 0 N–H and O–H groups in total. The molecule has 0 saturated heterocycles. The van der Waals surface area contributed by atoms with Crippen LogP contribution in [0.15, 0.2) is 49.6 Å². The summed E-state index contributed by atoms with van der Waals surface area (Å²) in [6, 6.07) is 8.99. The zero-order valence-electron chi connectivity index (χ0n) is 10.3. The van der Waals surface area contributed by atoms with E-state index in [9.17, 15) is 0 Å². The van der Waals surface area contributed by atoms with E-state index in [4.69, 9.17) is 0 Å². The van der Waals surface area contributed by atoms with E-state index in [0.29, 0.717) is 0 Å². The number of hydrogen-bond acceptors (Lipinski definition) is 0. The maximum atomic E-state index is 3.00. The molecular weight excluding hydrogens is 192 g/mol. The van der Waals surface area contributed by atoms with Crippen molar-refractivity contribution in [2.75, 3.05) is 0 Å². The van der Waals surface area contributed by atoms with Gasteiger partial charge in [0.15, 0.2) is 0 Å². The van der Waals surface area contributed by atoms with Crippen molar-refractivity contribution in [1.82, 2.24) is 0 Å². The van der Waals surface area contributed by atoms with Crippen molar-refractivity contribution in [1.29, 1.82) is 0 Å². The van der Waals surface area contributed by atoms with Gasteiger partial charge < -0.3 is 0 Å². The van der Waals surface area contributed by atoms with Crippen LogP contribution in [0.2, 0.25) is 0 Å². The molecule has 1 aromatic rings. The lowest BCUT2D eigenvalue weighted by Gasteiger charge is -2.14. The van der Waals surface area contributed by atoms with Crippen LogP contribution >= 0.6 is 0 Å². The van der Waals surface area contributed by atoms with Gasteiger partial charge in [-0.1, -0.05) is 42.0 Å². The first-order chi connectivity index (χ1) is 7.86. The molecule has 0 aromatic heterocycles. The van der Waals surface area contributed by atoms with E-state index in [-0.39, 0.29) is 1.43 Å². The quantitative estimate of drug-likeness (QED) is 0.562. The Bertz CT molecular complexity index is 331. The molecule has 0 fully saturated rings. The van der Waals surface area contributed by atoms with Gasteiger partial charge in [0.2, 0.25) is 0 Å². The molecule has 0 radical (unpaired) electrons. The van der Waals surface area contributed by atoms with E-state index in [1.807, 2.05) is 0 Å². The molecule has 0 bridgehead atoms. The molecule has 0 nitrogen and oxygen atoms in total. The summed E-state index contributed by atoms with van der Waals surface area (Å²) < 4.78 is 0. The molecular formula is C16H24. The Hall–Kier alpha value is -1.30. The first kappa shape index (κ1) is 12.8. The van der Waals surface area contributed by atoms with E-state index < -0.39 is 0 Å². The van der Waals surface area contributed by atoms with Gasteiger partial charge in [-0.3, -0.25) is 0 Å². The molecule has 16 heavy (non-hydrogen) atoms. The van der Waals surface area contributed by atoms with Gasteiger partial charge in [0.05, 0.1) is 0 Å². The van der Waals surface area contributed by atoms with E-state index in [2.05, 4.69) is 56.5 Å². The van der Waals surface area contributed by atoms with Crippen LogP contribution in [0.25, 0.3) is 0 Å². The van der Waals surface area contributed by atoms with Crippen LogP contribution in [0.4, 0.5) is 0 Å². The van der Waals surface area contributed by atoms with Crippen LogP contribution in [0.3, 0.4) is 0 Å². The zero-order valence-corrected chi connectivity index (χ0v) is 10.3. The van der Waals surface area contributed by atoms with E-state index >= 15 is 0 Å². The maximum absolute atomic E-state index is 3.00. The molecule has 0 unspecified atom stereocenters. The van der Waals surface area contributed by atoms with Crippen molar-refractivity contribution in [3.05, 3.63) is 60.7 Å². The van der Waals surface area contributed by atoms with Crippen molar-refractivity contribution in [3.63, 3.8) is 0 Å². The third-order valence-corrected chi connectivity index (χ3v) is 3.04. The van der Waals surface area contributed by atoms with E-state index in [1.165, 1.54) is 36.8 Å². The summed E-state index contributed by atoms with van der Waals surface area (Å²) in [6.07, 6.45) is 9.79. The van der Waals surface area contributed by atoms with Gasteiger partial charge in [-0.15, -0.1) is 13.2 Å². The monoisotopic (exact) mass is 216 g/mol. The summed E-state index contributed by atoms with van der Waals surface area (Å²) in [7, 11) is 0. The fourth-order valence-electron chi connectivity index (χ4n) is 2.23. The number of aryl methyl sites for hydroxylation is 1. The summed E-state index contributed by atoms with van der Waals surface area (Å²) in [6.45, 7) is 8.18. The van der Waals surface area contributed by atoms with E-state index in [0.717, 1.165) is 5.92 Å². The van der Waals surface area contributed by atoms with Gasteiger partial charge in [-0.25, -0.2) is 0 Å². The summed E-state index contributed by atoms with van der Waals surface area (Å²) >= 11 is 0. The van der Waals surface area contributed by atoms with Crippen LogP contribution in [-0.4, -0.2) is 0 Å². The van der Waals surface area contributed by atoms with Crippen LogP contribution in [0.1, 0.15) is 44.2 Å². The van der Waals surface area contributed by atoms with Gasteiger partial charge in [-0.05, 0) is 44.1 Å². The molecule has 0 spiro atoms. The average molecular weight is 216 g/mol. The third kappa shape index (κ3) is 3.69. The predicted molar refractivity (Wildman–Crippen MR) is 74.9 cm³/mol. The topological polar surface area (TPSA) is 0 Å². The molecule has 1 aliphatic rings. The second-order valence-electron chi connectivity index (χ2n) is 4.24. The van der Waals surface area contributed by atoms with Crippen LogP contribution in [0.5, 0.6) is 0 Å². The Labute approximate surface area is 101 Å². The zero-order chi connectivity index (χ0) is 11.8. The minimum Gasteiger partial charge on any atom is -0.106 e. The normalized spacial score (nSPS) is 16.1. The van der Waals surface area contributed by atoms with Crippen molar-refractivity contribution in [2.24, 2.45) is 0 Å². The van der Waals surface area contributed by atoms with Gasteiger partial charge in [0.25, 0.3) is 0 Å². The standard InChI is InChI=1S/C14H18.C2H4.H2/c1-12-7-6-10-14(11-12)13-8-4-2-3-5-9-13;1-2;/h2-3,6-7,10-11,13H,4-5,8-9H2,1H3;1-2H2;1H. The Morgan fingerprint density at radius 3 is 2.31 bits per heavy atom. The van der Waals surface area contributed by atoms with Crippen molar-refractivity contribution >= 4 is 0 Å². The minimum atomic E-state index is 0. The summed E-state index contributed by atoms with van der Waals surface area (Å²) in [5, 5.41) is 0. The summed E-state index contributed by atoms with van der Waals surface area (Å²) in [5.41, 5.74) is 2.92. The SMILES string of the molecule is C=C.Cc1cccc(C2CCC=CCC2)c1.[HH]. The highest BCUT2D eigenvalue weighted by molar-refractivity contribution is 5.25. The molecule has 0 heterocycles. The van der Waals surface area contributed by atoms with Crippen LogP contribution < -0.4 is 0 Å². The second kappa shape index (κ2) is 7.05. The number of rotatable bonds is 1. The Kier molecular flexibility index (Phi) is 5.63. The first-order valence-corrected chi connectivity index (χ1v) is 6.08. The fourth-order valence-corrected chi connectivity index (χ4v) is 2.23. The van der Waals surface area contributed by atoms with Crippen LogP contribution in [0, 0.1) is 6.92 Å². The fraction of sp³-hybridized carbons (Fsp3) is 0.375. The van der Waals surface area contributed by atoms with Gasteiger partial charge in [0, 0.05) is 1.43 Å². The van der Waals surface area contributed by atoms with Crippen molar-refractivity contribution in [2.45, 2.75) is 38.5 Å². The smallest absolute Gasteiger partial charge is 0 e. The highest BCUT2D eigenvalue weighted by Crippen LogP contribution is 2.29. The molecule has 0 atom stereocenters. The lowest BCUT2D eigenvalue weighted by molar-refractivity contribution is 0.603.